The topological polar surface area (TPSA) is 119 Å². The lowest BCUT2D eigenvalue weighted by Gasteiger charge is -2.27. The van der Waals surface area contributed by atoms with Gasteiger partial charge in [-0.25, -0.2) is 23.7 Å². The van der Waals surface area contributed by atoms with Crippen LogP contribution in [-0.4, -0.2) is 58.2 Å². The van der Waals surface area contributed by atoms with Crippen LogP contribution in [0.1, 0.15) is 36.0 Å². The molecule has 38 heavy (non-hydrogen) atoms. The number of carbonyl (C=O) groups is 1. The molecule has 0 radical (unpaired) electrons. The molecule has 3 aliphatic rings. The number of hydrogen-bond donors (Lipinski definition) is 2. The van der Waals surface area contributed by atoms with E-state index in [4.69, 9.17) is 10.7 Å². The molecule has 11 heteroatoms. The molecule has 4 aromatic heterocycles. The molecule has 0 unspecified atom stereocenters. The Morgan fingerprint density at radius 1 is 1.18 bits per heavy atom. The first kappa shape index (κ1) is 22.0. The number of carbonyl (C=O) groups excluding carboxylic acids is 1. The molecule has 3 atom stereocenters. The number of pyridine rings is 1. The van der Waals surface area contributed by atoms with Crippen molar-refractivity contribution in [2.24, 2.45) is 24.6 Å². The summed E-state index contributed by atoms with van der Waals surface area (Å²) in [5.41, 5.74) is 9.32. The van der Waals surface area contributed by atoms with E-state index in [-0.39, 0.29) is 23.7 Å². The fourth-order valence-electron chi connectivity index (χ4n) is 6.74. The lowest BCUT2D eigenvalue weighted by atomic mass is 10.1. The molecule has 2 aliphatic carbocycles. The van der Waals surface area contributed by atoms with Gasteiger partial charge in [-0.3, -0.25) is 4.79 Å². The number of aryl methyl sites for hydroxylation is 1. The number of aromatic nitrogens is 6. The highest BCUT2D eigenvalue weighted by Crippen LogP contribution is 2.39. The zero-order valence-corrected chi connectivity index (χ0v) is 20.9. The molecule has 2 saturated carbocycles. The van der Waals surface area contributed by atoms with E-state index in [1.807, 2.05) is 17.0 Å². The molecular weight excluding hydrogens is 487 g/mol. The van der Waals surface area contributed by atoms with Crippen molar-refractivity contribution in [1.82, 2.24) is 33.6 Å². The van der Waals surface area contributed by atoms with Crippen LogP contribution in [0.25, 0.3) is 39.1 Å². The molecule has 1 aliphatic heterocycles. The van der Waals surface area contributed by atoms with Gasteiger partial charge < -0.3 is 19.8 Å². The largest absolute Gasteiger partial charge is 0.347 e. The summed E-state index contributed by atoms with van der Waals surface area (Å²) in [4.78, 5) is 32.3. The molecule has 1 amide bonds. The quantitative estimate of drug-likeness (QED) is 0.382. The van der Waals surface area contributed by atoms with Crippen molar-refractivity contribution in [3.8, 4) is 11.5 Å². The summed E-state index contributed by atoms with van der Waals surface area (Å²) in [5, 5.41) is 7.74. The molecule has 8 rings (SSSR count). The third kappa shape index (κ3) is 2.96. The number of nitrogens with two attached hydrogens (primary N) is 1. The van der Waals surface area contributed by atoms with E-state index in [1.54, 1.807) is 23.9 Å². The van der Waals surface area contributed by atoms with Crippen LogP contribution < -0.4 is 11.4 Å². The molecule has 10 nitrogen and oxygen atoms in total. The third-order valence-electron chi connectivity index (χ3n) is 8.90. The van der Waals surface area contributed by atoms with Crippen molar-refractivity contribution >= 4 is 33.5 Å². The Hall–Kier alpha value is -3.99. The van der Waals surface area contributed by atoms with Gasteiger partial charge in [0.25, 0.3) is 5.91 Å². The molecule has 3 fully saturated rings. The van der Waals surface area contributed by atoms with Gasteiger partial charge >= 0.3 is 5.69 Å². The van der Waals surface area contributed by atoms with Gasteiger partial charge in [0, 0.05) is 49.4 Å². The van der Waals surface area contributed by atoms with E-state index in [2.05, 4.69) is 14.8 Å². The van der Waals surface area contributed by atoms with Gasteiger partial charge in [-0.15, -0.1) is 0 Å². The Kier molecular flexibility index (Phi) is 4.37. The maximum absolute atomic E-state index is 15.6. The monoisotopic (exact) mass is 514 g/mol. The second kappa shape index (κ2) is 7.53. The third-order valence-corrected chi connectivity index (χ3v) is 8.90. The lowest BCUT2D eigenvalue weighted by Crippen LogP contribution is -2.41. The molecule has 1 aromatic carbocycles. The van der Waals surface area contributed by atoms with Crippen LogP contribution in [0.2, 0.25) is 0 Å². The van der Waals surface area contributed by atoms with E-state index in [0.29, 0.717) is 46.4 Å². The number of amides is 1. The number of benzene rings is 1. The summed E-state index contributed by atoms with van der Waals surface area (Å²) in [7, 11) is 1.79. The van der Waals surface area contributed by atoms with Crippen molar-refractivity contribution in [2.45, 2.75) is 44.3 Å². The van der Waals surface area contributed by atoms with Crippen molar-refractivity contribution in [3.05, 3.63) is 52.3 Å². The molecule has 2 bridgehead atoms. The Morgan fingerprint density at radius 2 is 2.03 bits per heavy atom. The first-order valence-electron chi connectivity index (χ1n) is 13.2. The zero-order chi connectivity index (χ0) is 25.9. The average Bonchev–Trinajstić information content (AvgIpc) is 3.14. The maximum atomic E-state index is 15.6. The first-order chi connectivity index (χ1) is 18.4. The van der Waals surface area contributed by atoms with Crippen molar-refractivity contribution in [1.29, 1.82) is 0 Å². The SMILES string of the molecule is Cn1c(-c2cc3ccn4c(=O)[nH]nc4c3n2CC2CC2)nc2cc(C(=O)N3C[C@H]4CC[C@@H]3[C@@H]4N)cc(F)c21. The molecule has 3 N–H and O–H groups in total. The summed E-state index contributed by atoms with van der Waals surface area (Å²) in [5.74, 6) is 0.789. The number of halogens is 1. The van der Waals surface area contributed by atoms with Crippen LogP contribution in [0, 0.1) is 17.7 Å². The van der Waals surface area contributed by atoms with Crippen molar-refractivity contribution < 1.29 is 9.18 Å². The van der Waals surface area contributed by atoms with E-state index in [0.717, 1.165) is 48.8 Å². The number of aromatic amines is 1. The number of hydrogen-bond acceptors (Lipinski definition) is 5. The minimum atomic E-state index is -0.480. The predicted molar refractivity (Wildman–Crippen MR) is 139 cm³/mol. The number of likely N-dealkylation sites (tertiary alicyclic amines) is 1. The van der Waals surface area contributed by atoms with Crippen LogP contribution in [0.4, 0.5) is 4.39 Å². The second-order valence-corrected chi connectivity index (χ2v) is 11.2. The molecular formula is C27H27FN8O2. The normalized spacial score (nSPS) is 23.0. The Bertz CT molecular complexity index is 1860. The van der Waals surface area contributed by atoms with Gasteiger partial charge in [-0.2, -0.15) is 5.10 Å². The molecule has 0 spiro atoms. The van der Waals surface area contributed by atoms with Gasteiger partial charge in [-0.1, -0.05) is 0 Å². The summed E-state index contributed by atoms with van der Waals surface area (Å²) in [6, 6.07) is 6.95. The van der Waals surface area contributed by atoms with Crippen LogP contribution in [0.5, 0.6) is 0 Å². The van der Waals surface area contributed by atoms with Crippen molar-refractivity contribution in [3.63, 3.8) is 0 Å². The minimum Gasteiger partial charge on any atom is -0.335 e. The summed E-state index contributed by atoms with van der Waals surface area (Å²) in [6.07, 6.45) is 5.93. The molecule has 1 saturated heterocycles. The van der Waals surface area contributed by atoms with E-state index >= 15 is 4.39 Å². The van der Waals surface area contributed by atoms with E-state index in [1.165, 1.54) is 10.5 Å². The molecule has 5 heterocycles. The number of nitrogens with one attached hydrogen (secondary N) is 1. The molecule has 5 aromatic rings. The standard InChI is InChI=1S/C27H27FN8O2/c1-33-23-17(28)8-16(26(37)36-12-15-4-5-19(36)21(15)29)9-18(23)30-24(33)20-10-14-6-7-34-25(31-32-27(34)38)22(14)35(20)11-13-2-3-13/h6-10,13,15,19,21H,2-5,11-12,29H2,1H3,(H,32,38)/t15-,19-,21-/m1/s1. The predicted octanol–water partition coefficient (Wildman–Crippen LogP) is 2.64. The van der Waals surface area contributed by atoms with Gasteiger partial charge in [-0.05, 0) is 61.8 Å². The zero-order valence-electron chi connectivity index (χ0n) is 20.9. The maximum Gasteiger partial charge on any atom is 0.347 e. The minimum absolute atomic E-state index is 0.000733. The Balaban J connectivity index is 1.28. The number of imidazole rings is 1. The van der Waals surface area contributed by atoms with Crippen LogP contribution in [0.15, 0.2) is 35.3 Å². The van der Waals surface area contributed by atoms with Gasteiger partial charge in [0.2, 0.25) is 0 Å². The van der Waals surface area contributed by atoms with E-state index < -0.39 is 5.82 Å². The number of rotatable bonds is 4. The Labute approximate surface area is 215 Å². The van der Waals surface area contributed by atoms with E-state index in [9.17, 15) is 9.59 Å². The lowest BCUT2D eigenvalue weighted by molar-refractivity contribution is 0.0700. The second-order valence-electron chi connectivity index (χ2n) is 11.2. The number of piperidine rings is 1. The highest BCUT2D eigenvalue weighted by molar-refractivity contribution is 5.99. The Morgan fingerprint density at radius 3 is 2.76 bits per heavy atom. The fourth-order valence-corrected chi connectivity index (χ4v) is 6.74. The van der Waals surface area contributed by atoms with Gasteiger partial charge in [0.05, 0.1) is 16.7 Å². The average molecular weight is 515 g/mol. The number of H-pyrrole nitrogens is 1. The smallest absolute Gasteiger partial charge is 0.335 e. The summed E-state index contributed by atoms with van der Waals surface area (Å²) in [6.45, 7) is 1.39. The summed E-state index contributed by atoms with van der Waals surface area (Å²) >= 11 is 0. The van der Waals surface area contributed by atoms with Crippen LogP contribution in [0.3, 0.4) is 0 Å². The number of fused-ring (bicyclic) bond motifs is 6. The van der Waals surface area contributed by atoms with Gasteiger partial charge in [0.1, 0.15) is 11.3 Å². The molecule has 194 valence electrons. The van der Waals surface area contributed by atoms with Crippen molar-refractivity contribution in [2.75, 3.05) is 6.54 Å². The first-order valence-corrected chi connectivity index (χ1v) is 13.2. The van der Waals surface area contributed by atoms with Crippen LogP contribution in [-0.2, 0) is 13.6 Å². The number of nitrogens with zero attached hydrogens (tertiary/aromatic N) is 6. The fraction of sp³-hybridized carbons (Fsp3) is 0.407. The highest BCUT2D eigenvalue weighted by atomic mass is 19.1. The van der Waals surface area contributed by atoms with Gasteiger partial charge in [0.15, 0.2) is 11.5 Å². The highest BCUT2D eigenvalue weighted by Gasteiger charge is 2.47. The van der Waals surface area contributed by atoms with Crippen LogP contribution >= 0.6 is 0 Å². The summed E-state index contributed by atoms with van der Waals surface area (Å²) < 4.78 is 21.0.